The van der Waals surface area contributed by atoms with E-state index in [9.17, 15) is 0 Å². The molecule has 0 radical (unpaired) electrons. The fourth-order valence-corrected chi connectivity index (χ4v) is 4.96. The van der Waals surface area contributed by atoms with Crippen molar-refractivity contribution < 1.29 is 0 Å². The summed E-state index contributed by atoms with van der Waals surface area (Å²) in [5.41, 5.74) is 8.23. The summed E-state index contributed by atoms with van der Waals surface area (Å²) in [6, 6.07) is 47.6. The highest BCUT2D eigenvalue weighted by atomic mass is 15.0. The van der Waals surface area contributed by atoms with Crippen LogP contribution >= 0.6 is 0 Å². The second-order valence-electron chi connectivity index (χ2n) is 9.58. The van der Waals surface area contributed by atoms with Crippen LogP contribution in [0.2, 0.25) is 0 Å². The predicted molar refractivity (Wildman–Crippen MR) is 162 cm³/mol. The van der Waals surface area contributed by atoms with Gasteiger partial charge < -0.3 is 0 Å². The molecule has 0 atom stereocenters. The molecule has 2 aromatic heterocycles. The third-order valence-corrected chi connectivity index (χ3v) is 6.98. The zero-order valence-corrected chi connectivity index (χ0v) is 21.6. The molecule has 40 heavy (non-hydrogen) atoms. The standard InChI is InChI=1S/C36H24N4/c1-4-11-25(12-5-1)28-18-20-31(32(24-28)26-13-6-2-7-14-26)36-39-34(27-15-8-3-9-16-27)38-35(40-36)30-19-21-33-29(23-30)17-10-22-37-33/h1-24H. The van der Waals surface area contributed by atoms with Gasteiger partial charge in [0.15, 0.2) is 17.5 Å². The first-order chi connectivity index (χ1) is 19.8. The summed E-state index contributed by atoms with van der Waals surface area (Å²) in [5.74, 6) is 1.90. The van der Waals surface area contributed by atoms with Crippen molar-refractivity contribution >= 4 is 10.9 Å². The Morgan fingerprint density at radius 1 is 0.350 bits per heavy atom. The van der Waals surface area contributed by atoms with Gasteiger partial charge in [-0.3, -0.25) is 4.98 Å². The van der Waals surface area contributed by atoms with Crippen molar-refractivity contribution in [3.8, 4) is 56.4 Å². The average molecular weight is 513 g/mol. The molecule has 0 amide bonds. The zero-order chi connectivity index (χ0) is 26.7. The maximum atomic E-state index is 5.05. The number of hydrogen-bond acceptors (Lipinski definition) is 4. The van der Waals surface area contributed by atoms with E-state index < -0.39 is 0 Å². The van der Waals surface area contributed by atoms with E-state index in [2.05, 4.69) is 83.8 Å². The molecule has 0 bridgehead atoms. The fraction of sp³-hybridized carbons (Fsp3) is 0. The van der Waals surface area contributed by atoms with Gasteiger partial charge in [-0.15, -0.1) is 0 Å². The van der Waals surface area contributed by atoms with Crippen molar-refractivity contribution in [3.63, 3.8) is 0 Å². The highest BCUT2D eigenvalue weighted by Gasteiger charge is 2.17. The lowest BCUT2D eigenvalue weighted by atomic mass is 9.94. The lowest BCUT2D eigenvalue weighted by molar-refractivity contribution is 1.07. The van der Waals surface area contributed by atoms with Crippen LogP contribution < -0.4 is 0 Å². The quantitative estimate of drug-likeness (QED) is 0.231. The van der Waals surface area contributed by atoms with Crippen molar-refractivity contribution in [2.75, 3.05) is 0 Å². The van der Waals surface area contributed by atoms with Gasteiger partial charge in [-0.1, -0.05) is 103 Å². The molecule has 7 aromatic rings. The average Bonchev–Trinajstić information content (AvgIpc) is 3.05. The Morgan fingerprint density at radius 3 is 1.68 bits per heavy atom. The molecular formula is C36H24N4. The third kappa shape index (κ3) is 4.63. The minimum absolute atomic E-state index is 0.626. The van der Waals surface area contributed by atoms with E-state index in [1.165, 1.54) is 0 Å². The van der Waals surface area contributed by atoms with E-state index in [-0.39, 0.29) is 0 Å². The van der Waals surface area contributed by atoms with Crippen LogP contribution in [0.15, 0.2) is 146 Å². The Labute approximate surface area is 232 Å². The lowest BCUT2D eigenvalue weighted by Crippen LogP contribution is -2.01. The van der Waals surface area contributed by atoms with Crippen molar-refractivity contribution in [3.05, 3.63) is 146 Å². The van der Waals surface area contributed by atoms with E-state index in [0.717, 1.165) is 49.8 Å². The van der Waals surface area contributed by atoms with Gasteiger partial charge in [-0.05, 0) is 58.7 Å². The van der Waals surface area contributed by atoms with Crippen molar-refractivity contribution in [1.82, 2.24) is 19.9 Å². The van der Waals surface area contributed by atoms with Crippen LogP contribution in [-0.2, 0) is 0 Å². The van der Waals surface area contributed by atoms with Gasteiger partial charge in [0, 0.05) is 28.3 Å². The van der Waals surface area contributed by atoms with Crippen molar-refractivity contribution in [2.24, 2.45) is 0 Å². The normalized spacial score (nSPS) is 11.0. The van der Waals surface area contributed by atoms with Crippen molar-refractivity contribution in [1.29, 1.82) is 0 Å². The summed E-state index contributed by atoms with van der Waals surface area (Å²) in [7, 11) is 0. The van der Waals surface area contributed by atoms with Gasteiger partial charge >= 0.3 is 0 Å². The van der Waals surface area contributed by atoms with Gasteiger partial charge in [0.25, 0.3) is 0 Å². The van der Waals surface area contributed by atoms with E-state index in [4.69, 9.17) is 15.0 Å². The Kier molecular flexibility index (Phi) is 6.11. The molecule has 4 nitrogen and oxygen atoms in total. The van der Waals surface area contributed by atoms with E-state index >= 15 is 0 Å². The van der Waals surface area contributed by atoms with E-state index in [1.807, 2.05) is 60.7 Å². The summed E-state index contributed by atoms with van der Waals surface area (Å²) in [4.78, 5) is 19.5. The smallest absolute Gasteiger partial charge is 0.164 e. The number of rotatable bonds is 5. The molecule has 0 aliphatic carbocycles. The monoisotopic (exact) mass is 512 g/mol. The summed E-state index contributed by atoms with van der Waals surface area (Å²) in [6.07, 6.45) is 1.81. The first kappa shape index (κ1) is 23.6. The Bertz CT molecular complexity index is 1940. The van der Waals surface area contributed by atoms with Crippen LogP contribution in [0.5, 0.6) is 0 Å². The van der Waals surface area contributed by atoms with Crippen LogP contribution in [-0.4, -0.2) is 19.9 Å². The number of fused-ring (bicyclic) bond motifs is 1. The summed E-state index contributed by atoms with van der Waals surface area (Å²) >= 11 is 0. The maximum absolute atomic E-state index is 5.05. The molecule has 0 unspecified atom stereocenters. The summed E-state index contributed by atoms with van der Waals surface area (Å²) < 4.78 is 0. The first-order valence-corrected chi connectivity index (χ1v) is 13.2. The van der Waals surface area contributed by atoms with E-state index in [1.54, 1.807) is 6.20 Å². The first-order valence-electron chi connectivity index (χ1n) is 13.2. The number of nitrogens with zero attached hydrogens (tertiary/aromatic N) is 4. The topological polar surface area (TPSA) is 51.6 Å². The van der Waals surface area contributed by atoms with Gasteiger partial charge in [-0.25, -0.2) is 15.0 Å². The molecule has 5 aromatic carbocycles. The Morgan fingerprint density at radius 2 is 0.950 bits per heavy atom. The second-order valence-corrected chi connectivity index (χ2v) is 9.58. The van der Waals surface area contributed by atoms with Gasteiger partial charge in [0.1, 0.15) is 0 Å². The summed E-state index contributed by atoms with van der Waals surface area (Å²) in [5, 5.41) is 1.04. The van der Waals surface area contributed by atoms with E-state index in [0.29, 0.717) is 17.5 Å². The lowest BCUT2D eigenvalue weighted by Gasteiger charge is -2.14. The minimum atomic E-state index is 0.626. The van der Waals surface area contributed by atoms with Gasteiger partial charge in [-0.2, -0.15) is 0 Å². The largest absolute Gasteiger partial charge is 0.256 e. The Balaban J connectivity index is 1.46. The molecule has 0 aliphatic rings. The molecular weight excluding hydrogens is 488 g/mol. The van der Waals surface area contributed by atoms with Crippen molar-refractivity contribution in [2.45, 2.75) is 0 Å². The molecule has 0 N–H and O–H groups in total. The summed E-state index contributed by atoms with van der Waals surface area (Å²) in [6.45, 7) is 0. The maximum Gasteiger partial charge on any atom is 0.164 e. The minimum Gasteiger partial charge on any atom is -0.256 e. The molecule has 4 heteroatoms. The number of benzene rings is 5. The fourth-order valence-electron chi connectivity index (χ4n) is 4.96. The van der Waals surface area contributed by atoms with Crippen LogP contribution in [0.25, 0.3) is 67.3 Å². The highest BCUT2D eigenvalue weighted by molar-refractivity contribution is 5.87. The number of pyridine rings is 1. The predicted octanol–water partition coefficient (Wildman–Crippen LogP) is 8.75. The molecule has 0 saturated heterocycles. The third-order valence-electron chi connectivity index (χ3n) is 6.98. The SMILES string of the molecule is c1ccc(-c2ccc(-c3nc(-c4ccccc4)nc(-c4ccc5ncccc5c4)n3)c(-c3ccccc3)c2)cc1. The number of aromatic nitrogens is 4. The number of hydrogen-bond donors (Lipinski definition) is 0. The Hall–Kier alpha value is -5.48. The van der Waals surface area contributed by atoms with Gasteiger partial charge in [0.2, 0.25) is 0 Å². The molecule has 2 heterocycles. The van der Waals surface area contributed by atoms with Gasteiger partial charge in [0.05, 0.1) is 5.52 Å². The molecule has 0 saturated carbocycles. The molecule has 188 valence electrons. The van der Waals surface area contributed by atoms with Crippen LogP contribution in [0.1, 0.15) is 0 Å². The van der Waals surface area contributed by atoms with Crippen LogP contribution in [0, 0.1) is 0 Å². The molecule has 0 aliphatic heterocycles. The molecule has 7 rings (SSSR count). The molecule has 0 fully saturated rings. The van der Waals surface area contributed by atoms with Crippen LogP contribution in [0.4, 0.5) is 0 Å². The second kappa shape index (κ2) is 10.4. The molecule has 0 spiro atoms. The zero-order valence-electron chi connectivity index (χ0n) is 21.6. The van der Waals surface area contributed by atoms with Crippen LogP contribution in [0.3, 0.4) is 0 Å². The highest BCUT2D eigenvalue weighted by Crippen LogP contribution is 2.36.